The summed E-state index contributed by atoms with van der Waals surface area (Å²) in [6.07, 6.45) is 2.41. The highest BCUT2D eigenvalue weighted by Crippen LogP contribution is 2.38. The number of methoxy groups -OCH3 is 4. The molecule has 2 aromatic carbocycles. The topological polar surface area (TPSA) is 86.6 Å². The lowest BCUT2D eigenvalue weighted by Crippen LogP contribution is -2.20. The Balaban J connectivity index is 2.33. The molecule has 0 spiro atoms. The van der Waals surface area contributed by atoms with E-state index in [1.807, 2.05) is 30.4 Å². The standard InChI is InChI=1S/C20H24O7/c1-23-15-8-7-13(9-16(15)27-19(22)12-21)5-6-14-10-17(24-2)20(26-4)18(11-14)25-3/h5-11,19,21-22H,12H2,1-4H3/b6-5-. The predicted molar refractivity (Wildman–Crippen MR) is 102 cm³/mol. The molecule has 0 aliphatic carbocycles. The Kier molecular flexibility index (Phi) is 7.34. The largest absolute Gasteiger partial charge is 0.493 e. The molecule has 27 heavy (non-hydrogen) atoms. The number of rotatable bonds is 9. The zero-order valence-electron chi connectivity index (χ0n) is 15.8. The van der Waals surface area contributed by atoms with Crippen LogP contribution in [0.1, 0.15) is 11.1 Å². The maximum atomic E-state index is 9.51. The Morgan fingerprint density at radius 3 is 1.85 bits per heavy atom. The first-order chi connectivity index (χ1) is 13.1. The molecule has 2 rings (SSSR count). The Hall–Kier alpha value is -2.90. The lowest BCUT2D eigenvalue weighted by atomic mass is 10.1. The summed E-state index contributed by atoms with van der Waals surface area (Å²) in [6.45, 7) is -0.519. The number of aliphatic hydroxyl groups excluding tert-OH is 2. The fourth-order valence-electron chi connectivity index (χ4n) is 2.46. The second-order valence-electron chi connectivity index (χ2n) is 5.46. The van der Waals surface area contributed by atoms with Gasteiger partial charge in [-0.1, -0.05) is 18.2 Å². The number of aliphatic hydroxyl groups is 2. The van der Waals surface area contributed by atoms with E-state index in [1.165, 1.54) is 7.11 Å². The third kappa shape index (κ3) is 5.06. The monoisotopic (exact) mass is 376 g/mol. The van der Waals surface area contributed by atoms with E-state index in [-0.39, 0.29) is 0 Å². The number of hydrogen-bond donors (Lipinski definition) is 2. The molecule has 0 saturated heterocycles. The molecule has 2 aromatic rings. The molecule has 7 heteroatoms. The van der Waals surface area contributed by atoms with Crippen molar-refractivity contribution in [3.8, 4) is 28.7 Å². The van der Waals surface area contributed by atoms with Crippen molar-refractivity contribution in [2.45, 2.75) is 6.29 Å². The molecular formula is C20H24O7. The molecule has 0 aliphatic rings. The summed E-state index contributed by atoms with van der Waals surface area (Å²) < 4.78 is 26.5. The average Bonchev–Trinajstić information content (AvgIpc) is 2.71. The molecule has 0 heterocycles. The molecule has 1 atom stereocenters. The Morgan fingerprint density at radius 2 is 1.33 bits per heavy atom. The van der Waals surface area contributed by atoms with Gasteiger partial charge in [0.2, 0.25) is 12.0 Å². The summed E-state index contributed by atoms with van der Waals surface area (Å²) in [6, 6.07) is 8.91. The van der Waals surface area contributed by atoms with Crippen molar-refractivity contribution in [1.29, 1.82) is 0 Å². The minimum absolute atomic E-state index is 0.325. The van der Waals surface area contributed by atoms with Crippen LogP contribution in [0.15, 0.2) is 30.3 Å². The van der Waals surface area contributed by atoms with E-state index in [4.69, 9.17) is 28.8 Å². The van der Waals surface area contributed by atoms with Crippen molar-refractivity contribution in [3.63, 3.8) is 0 Å². The maximum absolute atomic E-state index is 9.51. The van der Waals surface area contributed by atoms with Gasteiger partial charge in [-0.2, -0.15) is 0 Å². The quantitative estimate of drug-likeness (QED) is 0.514. The summed E-state index contributed by atoms with van der Waals surface area (Å²) >= 11 is 0. The smallest absolute Gasteiger partial charge is 0.221 e. The van der Waals surface area contributed by atoms with Gasteiger partial charge in [-0.15, -0.1) is 0 Å². The van der Waals surface area contributed by atoms with E-state index in [9.17, 15) is 5.11 Å². The maximum Gasteiger partial charge on any atom is 0.221 e. The van der Waals surface area contributed by atoms with Crippen molar-refractivity contribution >= 4 is 12.2 Å². The van der Waals surface area contributed by atoms with Crippen LogP contribution < -0.4 is 23.7 Å². The first-order valence-electron chi connectivity index (χ1n) is 8.18. The first-order valence-corrected chi connectivity index (χ1v) is 8.18. The molecule has 0 aliphatic heterocycles. The second-order valence-corrected chi connectivity index (χ2v) is 5.46. The van der Waals surface area contributed by atoms with Gasteiger partial charge in [-0.25, -0.2) is 0 Å². The van der Waals surface area contributed by atoms with Crippen LogP contribution in [0.3, 0.4) is 0 Å². The van der Waals surface area contributed by atoms with Gasteiger partial charge in [0.05, 0.1) is 28.4 Å². The van der Waals surface area contributed by atoms with Gasteiger partial charge in [-0.3, -0.25) is 0 Å². The summed E-state index contributed by atoms with van der Waals surface area (Å²) in [4.78, 5) is 0. The fraction of sp³-hybridized carbons (Fsp3) is 0.300. The number of benzene rings is 2. The van der Waals surface area contributed by atoms with Gasteiger partial charge in [0.15, 0.2) is 23.0 Å². The minimum atomic E-state index is -1.33. The minimum Gasteiger partial charge on any atom is -0.493 e. The molecule has 0 fully saturated rings. The Labute approximate surface area is 158 Å². The van der Waals surface area contributed by atoms with Gasteiger partial charge in [0.1, 0.15) is 6.61 Å². The van der Waals surface area contributed by atoms with Gasteiger partial charge >= 0.3 is 0 Å². The van der Waals surface area contributed by atoms with Crippen LogP contribution in [-0.4, -0.2) is 51.5 Å². The molecule has 0 radical (unpaired) electrons. The van der Waals surface area contributed by atoms with Crippen LogP contribution in [0.4, 0.5) is 0 Å². The van der Waals surface area contributed by atoms with Crippen LogP contribution in [0, 0.1) is 0 Å². The highest BCUT2D eigenvalue weighted by Gasteiger charge is 2.12. The van der Waals surface area contributed by atoms with Crippen molar-refractivity contribution in [1.82, 2.24) is 0 Å². The van der Waals surface area contributed by atoms with Crippen molar-refractivity contribution < 1.29 is 33.9 Å². The van der Waals surface area contributed by atoms with Crippen molar-refractivity contribution in [2.24, 2.45) is 0 Å². The third-order valence-electron chi connectivity index (χ3n) is 3.76. The predicted octanol–water partition coefficient (Wildman–Crippen LogP) is 2.58. The fourth-order valence-corrected chi connectivity index (χ4v) is 2.46. The molecule has 0 bridgehead atoms. The number of hydrogen-bond acceptors (Lipinski definition) is 7. The van der Waals surface area contributed by atoms with Gasteiger partial charge < -0.3 is 33.9 Å². The molecule has 0 amide bonds. The van der Waals surface area contributed by atoms with Crippen molar-refractivity contribution in [2.75, 3.05) is 35.0 Å². The van der Waals surface area contributed by atoms with E-state index in [2.05, 4.69) is 0 Å². The van der Waals surface area contributed by atoms with Crippen molar-refractivity contribution in [3.05, 3.63) is 41.5 Å². The lowest BCUT2D eigenvalue weighted by molar-refractivity contribution is -0.0559. The molecule has 146 valence electrons. The molecule has 0 aromatic heterocycles. The molecule has 2 N–H and O–H groups in total. The molecule has 1 unspecified atom stereocenters. The molecule has 7 nitrogen and oxygen atoms in total. The SMILES string of the molecule is COc1ccc(/C=C\c2cc(OC)c(OC)c(OC)c2)cc1OC(O)CO. The first kappa shape index (κ1) is 20.4. The zero-order valence-corrected chi connectivity index (χ0v) is 15.8. The van der Waals surface area contributed by atoms with Crippen LogP contribution >= 0.6 is 0 Å². The highest BCUT2D eigenvalue weighted by atomic mass is 16.6. The van der Waals surface area contributed by atoms with Crippen LogP contribution in [0.5, 0.6) is 28.7 Å². The van der Waals surface area contributed by atoms with E-state index in [0.29, 0.717) is 28.7 Å². The Bertz CT molecular complexity index is 761. The normalized spacial score (nSPS) is 11.9. The average molecular weight is 376 g/mol. The highest BCUT2D eigenvalue weighted by molar-refractivity contribution is 5.73. The number of ether oxygens (including phenoxy) is 5. The Morgan fingerprint density at radius 1 is 0.778 bits per heavy atom. The second kappa shape index (κ2) is 9.70. The summed E-state index contributed by atoms with van der Waals surface area (Å²) in [5.41, 5.74) is 1.66. The zero-order chi connectivity index (χ0) is 19.8. The van der Waals surface area contributed by atoms with E-state index < -0.39 is 12.9 Å². The van der Waals surface area contributed by atoms with Gasteiger partial charge in [0.25, 0.3) is 0 Å². The van der Waals surface area contributed by atoms with E-state index in [0.717, 1.165) is 11.1 Å². The van der Waals surface area contributed by atoms with Crippen LogP contribution in [-0.2, 0) is 0 Å². The van der Waals surface area contributed by atoms with Crippen LogP contribution in [0.2, 0.25) is 0 Å². The lowest BCUT2D eigenvalue weighted by Gasteiger charge is -2.14. The summed E-state index contributed by atoms with van der Waals surface area (Å²) in [5, 5.41) is 18.5. The third-order valence-corrected chi connectivity index (χ3v) is 3.76. The molecular weight excluding hydrogens is 352 g/mol. The summed E-state index contributed by atoms with van der Waals surface area (Å²) in [5.74, 6) is 2.41. The van der Waals surface area contributed by atoms with Gasteiger partial charge in [0, 0.05) is 0 Å². The summed E-state index contributed by atoms with van der Waals surface area (Å²) in [7, 11) is 6.17. The van der Waals surface area contributed by atoms with Gasteiger partial charge in [-0.05, 0) is 35.4 Å². The van der Waals surface area contributed by atoms with Crippen LogP contribution in [0.25, 0.3) is 12.2 Å². The molecule has 0 saturated carbocycles. The van der Waals surface area contributed by atoms with E-state index >= 15 is 0 Å². The van der Waals surface area contributed by atoms with E-state index in [1.54, 1.807) is 33.5 Å².